The number of carboxylic acids is 1. The minimum absolute atomic E-state index is 0.833. The van der Waals surface area contributed by atoms with E-state index in [1.165, 1.54) is 25.5 Å². The molecule has 0 bridgehead atoms. The third kappa shape index (κ3) is 36.0. The summed E-state index contributed by atoms with van der Waals surface area (Å²) >= 11 is 0. The molecule has 0 atom stereocenters. The van der Waals surface area contributed by atoms with Gasteiger partial charge in [-0.1, -0.05) is 25.8 Å². The van der Waals surface area contributed by atoms with Crippen molar-refractivity contribution >= 4 is 12.2 Å². The van der Waals surface area contributed by atoms with Crippen LogP contribution in [-0.4, -0.2) is 17.3 Å². The van der Waals surface area contributed by atoms with E-state index in [9.17, 15) is 0 Å². The number of carbonyl (C=O) groups is 1. The lowest BCUT2D eigenvalue weighted by Gasteiger charge is -1.88. The van der Waals surface area contributed by atoms with Crippen LogP contribution in [0.25, 0.3) is 0 Å². The van der Waals surface area contributed by atoms with Gasteiger partial charge in [0.05, 0.1) is 0 Å². The molecular formula is C10H19NO2. The molecule has 0 fully saturated rings. The molecule has 3 nitrogen and oxygen atoms in total. The molecule has 0 spiro atoms. The van der Waals surface area contributed by atoms with Crippen molar-refractivity contribution in [2.24, 2.45) is 0 Å². The van der Waals surface area contributed by atoms with Gasteiger partial charge in [-0.05, 0) is 18.9 Å². The van der Waals surface area contributed by atoms with E-state index in [-0.39, 0.29) is 0 Å². The molecular weight excluding hydrogens is 166 g/mol. The quantitative estimate of drug-likeness (QED) is 0.511. The van der Waals surface area contributed by atoms with Crippen molar-refractivity contribution in [2.75, 3.05) is 0 Å². The van der Waals surface area contributed by atoms with Crippen LogP contribution in [0.4, 0.5) is 0 Å². The van der Waals surface area contributed by atoms with Gasteiger partial charge in [-0.3, -0.25) is 4.79 Å². The Morgan fingerprint density at radius 1 is 1.46 bits per heavy atom. The fraction of sp³-hybridized carbons (Fsp3) is 0.600. The van der Waals surface area contributed by atoms with Crippen LogP contribution in [0.5, 0.6) is 0 Å². The number of hydrogen-bond donors (Lipinski definition) is 2. The van der Waals surface area contributed by atoms with E-state index in [0.29, 0.717) is 0 Å². The van der Waals surface area contributed by atoms with Crippen LogP contribution in [0, 0.1) is 5.41 Å². The molecule has 0 amide bonds. The van der Waals surface area contributed by atoms with E-state index in [4.69, 9.17) is 15.3 Å². The molecule has 0 heterocycles. The van der Waals surface area contributed by atoms with Gasteiger partial charge in [0.25, 0.3) is 5.97 Å². The zero-order valence-electron chi connectivity index (χ0n) is 8.42. The molecule has 0 unspecified atom stereocenters. The average Bonchev–Trinajstić information content (AvgIpc) is 2.03. The lowest BCUT2D eigenvalue weighted by Crippen LogP contribution is -1.78. The molecule has 0 aromatic heterocycles. The summed E-state index contributed by atoms with van der Waals surface area (Å²) in [6.45, 7) is 3.28. The van der Waals surface area contributed by atoms with Crippen molar-refractivity contribution in [3.05, 3.63) is 12.2 Å². The maximum absolute atomic E-state index is 9.00. The van der Waals surface area contributed by atoms with E-state index >= 15 is 0 Å². The first-order valence-electron chi connectivity index (χ1n) is 4.50. The average molecular weight is 185 g/mol. The van der Waals surface area contributed by atoms with Gasteiger partial charge in [0, 0.05) is 13.1 Å². The van der Waals surface area contributed by atoms with Gasteiger partial charge in [-0.2, -0.15) is 0 Å². The molecule has 0 rings (SSSR count). The highest BCUT2D eigenvalue weighted by Gasteiger charge is 1.79. The fourth-order valence-corrected chi connectivity index (χ4v) is 0.676. The number of hydrogen-bond acceptors (Lipinski definition) is 2. The maximum atomic E-state index is 9.00. The normalized spacial score (nSPS) is 9.08. The molecule has 0 aliphatic carbocycles. The van der Waals surface area contributed by atoms with Crippen molar-refractivity contribution in [3.63, 3.8) is 0 Å². The Balaban J connectivity index is 0. The second-order valence-corrected chi connectivity index (χ2v) is 2.61. The predicted molar refractivity (Wildman–Crippen MR) is 55.4 cm³/mol. The van der Waals surface area contributed by atoms with E-state index in [1.807, 2.05) is 6.08 Å². The third-order valence-corrected chi connectivity index (χ3v) is 1.21. The Kier molecular flexibility index (Phi) is 14.9. The van der Waals surface area contributed by atoms with Gasteiger partial charge in [0.1, 0.15) is 0 Å². The van der Waals surface area contributed by atoms with Crippen molar-refractivity contribution in [2.45, 2.75) is 39.5 Å². The number of aliphatic carboxylic acids is 1. The standard InChI is InChI=1S/C8H15N.C2H4O2/c1-2-3-4-5-6-7-8-9;1-2(3)4/h6-9H,2-5H2,1H3;1H3,(H,3,4). The van der Waals surface area contributed by atoms with Gasteiger partial charge < -0.3 is 10.5 Å². The highest BCUT2D eigenvalue weighted by Crippen LogP contribution is 1.98. The highest BCUT2D eigenvalue weighted by atomic mass is 16.4. The number of rotatable bonds is 5. The van der Waals surface area contributed by atoms with Gasteiger partial charge in [0.2, 0.25) is 0 Å². The Morgan fingerprint density at radius 3 is 2.38 bits per heavy atom. The van der Waals surface area contributed by atoms with E-state index in [2.05, 4.69) is 6.92 Å². The van der Waals surface area contributed by atoms with Crippen LogP contribution in [-0.2, 0) is 4.79 Å². The van der Waals surface area contributed by atoms with E-state index < -0.39 is 5.97 Å². The summed E-state index contributed by atoms with van der Waals surface area (Å²) in [5.41, 5.74) is 0. The first kappa shape index (κ1) is 14.4. The van der Waals surface area contributed by atoms with Crippen molar-refractivity contribution in [3.8, 4) is 0 Å². The van der Waals surface area contributed by atoms with Gasteiger partial charge in [-0.15, -0.1) is 0 Å². The van der Waals surface area contributed by atoms with Crippen LogP contribution >= 0.6 is 0 Å². The third-order valence-electron chi connectivity index (χ3n) is 1.21. The molecule has 2 N–H and O–H groups in total. The number of nitrogens with one attached hydrogen (secondary N) is 1. The molecule has 13 heavy (non-hydrogen) atoms. The van der Waals surface area contributed by atoms with Crippen LogP contribution < -0.4 is 0 Å². The Labute approximate surface area is 80.0 Å². The van der Waals surface area contributed by atoms with Crippen LogP contribution in [0.1, 0.15) is 39.5 Å². The summed E-state index contributed by atoms with van der Waals surface area (Å²) < 4.78 is 0. The zero-order chi connectivity index (χ0) is 10.5. The molecule has 0 saturated heterocycles. The fourth-order valence-electron chi connectivity index (χ4n) is 0.676. The second kappa shape index (κ2) is 13.5. The molecule has 3 heteroatoms. The topological polar surface area (TPSA) is 61.1 Å². The SMILES string of the molecule is CC(=O)O.CCCCCC=CC=N. The molecule has 0 aromatic carbocycles. The largest absolute Gasteiger partial charge is 0.481 e. The van der Waals surface area contributed by atoms with Gasteiger partial charge >= 0.3 is 0 Å². The van der Waals surface area contributed by atoms with E-state index in [1.54, 1.807) is 6.08 Å². The Bertz CT molecular complexity index is 149. The minimum Gasteiger partial charge on any atom is -0.481 e. The molecule has 0 aliphatic rings. The van der Waals surface area contributed by atoms with E-state index in [0.717, 1.165) is 13.3 Å². The van der Waals surface area contributed by atoms with Crippen LogP contribution in [0.15, 0.2) is 12.2 Å². The number of carboxylic acid groups (broad SMARTS) is 1. The summed E-state index contributed by atoms with van der Waals surface area (Å²) in [4.78, 5) is 9.00. The Hall–Kier alpha value is -1.12. The lowest BCUT2D eigenvalue weighted by atomic mass is 10.2. The molecule has 0 aromatic rings. The van der Waals surface area contributed by atoms with Gasteiger partial charge in [0.15, 0.2) is 0 Å². The van der Waals surface area contributed by atoms with Crippen molar-refractivity contribution in [1.29, 1.82) is 5.41 Å². The number of unbranched alkanes of at least 4 members (excludes halogenated alkanes) is 3. The first-order chi connectivity index (χ1) is 6.15. The smallest absolute Gasteiger partial charge is 0.300 e. The second-order valence-electron chi connectivity index (χ2n) is 2.61. The summed E-state index contributed by atoms with van der Waals surface area (Å²) in [5, 5.41) is 14.1. The monoisotopic (exact) mass is 185 g/mol. The Morgan fingerprint density at radius 2 is 2.00 bits per heavy atom. The first-order valence-corrected chi connectivity index (χ1v) is 4.50. The zero-order valence-corrected chi connectivity index (χ0v) is 8.42. The van der Waals surface area contributed by atoms with Gasteiger partial charge in [-0.25, -0.2) is 0 Å². The molecule has 0 saturated carbocycles. The van der Waals surface area contributed by atoms with Crippen LogP contribution in [0.3, 0.4) is 0 Å². The predicted octanol–water partition coefficient (Wildman–Crippen LogP) is 2.86. The van der Waals surface area contributed by atoms with Crippen LogP contribution in [0.2, 0.25) is 0 Å². The number of allylic oxidation sites excluding steroid dienone is 2. The van der Waals surface area contributed by atoms with Crippen molar-refractivity contribution in [1.82, 2.24) is 0 Å². The molecule has 76 valence electrons. The summed E-state index contributed by atoms with van der Waals surface area (Å²) in [5.74, 6) is -0.833. The minimum atomic E-state index is -0.833. The van der Waals surface area contributed by atoms with Crippen molar-refractivity contribution < 1.29 is 9.90 Å². The lowest BCUT2D eigenvalue weighted by molar-refractivity contribution is -0.134. The summed E-state index contributed by atoms with van der Waals surface area (Å²) in [7, 11) is 0. The summed E-state index contributed by atoms with van der Waals surface area (Å²) in [6.07, 6.45) is 10.1. The highest BCUT2D eigenvalue weighted by molar-refractivity contribution is 5.67. The molecule has 0 aliphatic heterocycles. The summed E-state index contributed by atoms with van der Waals surface area (Å²) in [6, 6.07) is 0. The molecule has 0 radical (unpaired) electrons. The maximum Gasteiger partial charge on any atom is 0.300 e.